The maximum atomic E-state index is 13.3. The molecule has 3 rings (SSSR count). The van der Waals surface area contributed by atoms with Crippen molar-refractivity contribution >= 4 is 11.8 Å². The molecule has 0 spiro atoms. The number of ether oxygens (including phenoxy) is 3. The van der Waals surface area contributed by atoms with Crippen LogP contribution < -0.4 is 19.5 Å². The standard InChI is InChI=1S/C26H34N2O5/c1-5-18(2)27-26(30)19(3)28(17-21-6-10-22(31-4)11-7-21)25(29)13-9-20-8-12-23-24(16-20)33-15-14-32-23/h6-8,10-12,16,18-19H,5,9,13-15,17H2,1-4H3,(H,27,30)/t18-,19-/m0/s1. The third-order valence-electron chi connectivity index (χ3n) is 5.91. The number of nitrogens with zero attached hydrogens (tertiary/aromatic N) is 1. The zero-order valence-corrected chi connectivity index (χ0v) is 19.9. The fourth-order valence-corrected chi connectivity index (χ4v) is 3.61. The second-order valence-electron chi connectivity index (χ2n) is 8.34. The van der Waals surface area contributed by atoms with E-state index in [4.69, 9.17) is 14.2 Å². The van der Waals surface area contributed by atoms with Crippen molar-refractivity contribution in [3.8, 4) is 17.2 Å². The van der Waals surface area contributed by atoms with Gasteiger partial charge in [0.1, 0.15) is 25.0 Å². The van der Waals surface area contributed by atoms with Crippen molar-refractivity contribution in [3.05, 3.63) is 53.6 Å². The van der Waals surface area contributed by atoms with Gasteiger partial charge >= 0.3 is 0 Å². The van der Waals surface area contributed by atoms with E-state index >= 15 is 0 Å². The van der Waals surface area contributed by atoms with Gasteiger partial charge in [0, 0.05) is 19.0 Å². The molecule has 0 fully saturated rings. The summed E-state index contributed by atoms with van der Waals surface area (Å²) in [5, 5.41) is 2.99. The van der Waals surface area contributed by atoms with Crippen molar-refractivity contribution in [3.63, 3.8) is 0 Å². The summed E-state index contributed by atoms with van der Waals surface area (Å²) in [6, 6.07) is 12.8. The SMILES string of the molecule is CC[C@H](C)NC(=O)[C@H](C)N(Cc1ccc(OC)cc1)C(=O)CCc1ccc2c(c1)OCCO2. The first-order valence-electron chi connectivity index (χ1n) is 11.5. The number of carbonyl (C=O) groups is 2. The second kappa shape index (κ2) is 11.6. The van der Waals surface area contributed by atoms with Gasteiger partial charge in [-0.15, -0.1) is 0 Å². The molecular formula is C26H34N2O5. The van der Waals surface area contributed by atoms with Crippen LogP contribution in [0.25, 0.3) is 0 Å². The third-order valence-corrected chi connectivity index (χ3v) is 5.91. The van der Waals surface area contributed by atoms with Gasteiger partial charge in [-0.05, 0) is 62.1 Å². The van der Waals surface area contributed by atoms with E-state index in [0.717, 1.165) is 29.0 Å². The van der Waals surface area contributed by atoms with Crippen LogP contribution in [0.5, 0.6) is 17.2 Å². The molecule has 178 valence electrons. The zero-order chi connectivity index (χ0) is 23.8. The van der Waals surface area contributed by atoms with E-state index in [-0.39, 0.29) is 24.3 Å². The topological polar surface area (TPSA) is 77.1 Å². The number of amides is 2. The van der Waals surface area contributed by atoms with Gasteiger partial charge in [0.05, 0.1) is 7.11 Å². The highest BCUT2D eigenvalue weighted by atomic mass is 16.6. The van der Waals surface area contributed by atoms with Crippen LogP contribution in [0.4, 0.5) is 0 Å². The largest absolute Gasteiger partial charge is 0.497 e. The van der Waals surface area contributed by atoms with E-state index < -0.39 is 6.04 Å². The van der Waals surface area contributed by atoms with Crippen molar-refractivity contribution in [2.75, 3.05) is 20.3 Å². The van der Waals surface area contributed by atoms with E-state index in [9.17, 15) is 9.59 Å². The molecule has 7 heteroatoms. The number of rotatable bonds is 10. The molecule has 0 aliphatic carbocycles. The lowest BCUT2D eigenvalue weighted by molar-refractivity contribution is -0.140. The van der Waals surface area contributed by atoms with Crippen LogP contribution in [0.15, 0.2) is 42.5 Å². The fraction of sp³-hybridized carbons (Fsp3) is 0.462. The maximum Gasteiger partial charge on any atom is 0.242 e. The van der Waals surface area contributed by atoms with Gasteiger partial charge in [-0.3, -0.25) is 9.59 Å². The fourth-order valence-electron chi connectivity index (χ4n) is 3.61. The number of fused-ring (bicyclic) bond motifs is 1. The van der Waals surface area contributed by atoms with E-state index in [0.29, 0.717) is 31.9 Å². The molecule has 1 N–H and O–H groups in total. The van der Waals surface area contributed by atoms with Crippen molar-refractivity contribution in [2.45, 2.75) is 58.7 Å². The molecule has 2 aromatic carbocycles. The Morgan fingerprint density at radius 2 is 1.70 bits per heavy atom. The van der Waals surface area contributed by atoms with E-state index in [1.165, 1.54) is 0 Å². The Bertz CT molecular complexity index is 944. The summed E-state index contributed by atoms with van der Waals surface area (Å²) >= 11 is 0. The number of hydrogen-bond acceptors (Lipinski definition) is 5. The van der Waals surface area contributed by atoms with Gasteiger partial charge in [0.15, 0.2) is 11.5 Å². The molecule has 1 heterocycles. The van der Waals surface area contributed by atoms with Gasteiger partial charge < -0.3 is 24.4 Å². The molecule has 0 aromatic heterocycles. The Kier molecular flexibility index (Phi) is 8.58. The average molecular weight is 455 g/mol. The molecule has 1 aliphatic rings. The van der Waals surface area contributed by atoms with Gasteiger partial charge in [0.25, 0.3) is 0 Å². The van der Waals surface area contributed by atoms with Gasteiger partial charge in [-0.2, -0.15) is 0 Å². The monoisotopic (exact) mass is 454 g/mol. The molecule has 1 aliphatic heterocycles. The number of nitrogens with one attached hydrogen (secondary N) is 1. The molecule has 2 atom stereocenters. The lowest BCUT2D eigenvalue weighted by Gasteiger charge is -2.30. The van der Waals surface area contributed by atoms with Crippen molar-refractivity contribution < 1.29 is 23.8 Å². The van der Waals surface area contributed by atoms with E-state index in [2.05, 4.69) is 5.32 Å². The maximum absolute atomic E-state index is 13.3. The zero-order valence-electron chi connectivity index (χ0n) is 19.9. The highest BCUT2D eigenvalue weighted by Crippen LogP contribution is 2.31. The highest BCUT2D eigenvalue weighted by molar-refractivity contribution is 5.87. The smallest absolute Gasteiger partial charge is 0.242 e. The Morgan fingerprint density at radius 1 is 1.03 bits per heavy atom. The molecule has 2 amide bonds. The average Bonchev–Trinajstić information content (AvgIpc) is 2.85. The summed E-state index contributed by atoms with van der Waals surface area (Å²) in [4.78, 5) is 27.8. The summed E-state index contributed by atoms with van der Waals surface area (Å²) in [5.74, 6) is 1.96. The lowest BCUT2D eigenvalue weighted by atomic mass is 10.1. The van der Waals surface area contributed by atoms with Crippen LogP contribution in [-0.4, -0.2) is 49.1 Å². The van der Waals surface area contributed by atoms with Crippen LogP contribution >= 0.6 is 0 Å². The quantitative estimate of drug-likeness (QED) is 0.592. The minimum Gasteiger partial charge on any atom is -0.497 e. The third kappa shape index (κ3) is 6.63. The molecular weight excluding hydrogens is 420 g/mol. The predicted molar refractivity (Wildman–Crippen MR) is 127 cm³/mol. The number of benzene rings is 2. The molecule has 0 saturated carbocycles. The van der Waals surface area contributed by atoms with Gasteiger partial charge in [-0.25, -0.2) is 0 Å². The number of aryl methyl sites for hydroxylation is 1. The highest BCUT2D eigenvalue weighted by Gasteiger charge is 2.26. The first-order chi connectivity index (χ1) is 15.9. The van der Waals surface area contributed by atoms with Crippen molar-refractivity contribution in [1.82, 2.24) is 10.2 Å². The van der Waals surface area contributed by atoms with Crippen LogP contribution in [0.2, 0.25) is 0 Å². The predicted octanol–water partition coefficient (Wildman–Crippen LogP) is 3.73. The first kappa shape index (κ1) is 24.4. The Balaban J connectivity index is 1.72. The summed E-state index contributed by atoms with van der Waals surface area (Å²) < 4.78 is 16.4. The number of methoxy groups -OCH3 is 1. The molecule has 2 aromatic rings. The number of hydrogen-bond donors (Lipinski definition) is 1. The lowest BCUT2D eigenvalue weighted by Crippen LogP contribution is -2.49. The molecule has 7 nitrogen and oxygen atoms in total. The summed E-state index contributed by atoms with van der Waals surface area (Å²) in [6.07, 6.45) is 1.67. The summed E-state index contributed by atoms with van der Waals surface area (Å²) in [7, 11) is 1.62. The molecule has 0 saturated heterocycles. The molecule has 0 radical (unpaired) electrons. The number of carbonyl (C=O) groups excluding carboxylic acids is 2. The van der Waals surface area contributed by atoms with E-state index in [1.54, 1.807) is 18.9 Å². The Hall–Kier alpha value is -3.22. The molecule has 0 unspecified atom stereocenters. The van der Waals surface area contributed by atoms with Gasteiger partial charge in [-0.1, -0.05) is 25.1 Å². The Labute approximate surface area is 196 Å². The minimum absolute atomic E-state index is 0.0515. The van der Waals surface area contributed by atoms with Crippen LogP contribution in [0, 0.1) is 0 Å². The van der Waals surface area contributed by atoms with Crippen molar-refractivity contribution in [1.29, 1.82) is 0 Å². The Morgan fingerprint density at radius 3 is 2.36 bits per heavy atom. The first-order valence-corrected chi connectivity index (χ1v) is 11.5. The minimum atomic E-state index is -0.589. The molecule has 0 bridgehead atoms. The normalized spacial score (nSPS) is 14.2. The van der Waals surface area contributed by atoms with Gasteiger partial charge in [0.2, 0.25) is 11.8 Å². The summed E-state index contributed by atoms with van der Waals surface area (Å²) in [5.41, 5.74) is 1.93. The van der Waals surface area contributed by atoms with Crippen LogP contribution in [0.1, 0.15) is 44.7 Å². The van der Waals surface area contributed by atoms with Crippen molar-refractivity contribution in [2.24, 2.45) is 0 Å². The van der Waals surface area contributed by atoms with E-state index in [1.807, 2.05) is 56.3 Å². The summed E-state index contributed by atoms with van der Waals surface area (Å²) in [6.45, 7) is 7.17. The van der Waals surface area contributed by atoms with Crippen LogP contribution in [-0.2, 0) is 22.6 Å². The molecule has 33 heavy (non-hydrogen) atoms. The second-order valence-corrected chi connectivity index (χ2v) is 8.34. The van der Waals surface area contributed by atoms with Crippen LogP contribution in [0.3, 0.4) is 0 Å².